The van der Waals surface area contributed by atoms with Crippen LogP contribution in [0.2, 0.25) is 0 Å². The fourth-order valence-corrected chi connectivity index (χ4v) is 3.81. The van der Waals surface area contributed by atoms with Gasteiger partial charge in [-0.1, -0.05) is 6.07 Å². The van der Waals surface area contributed by atoms with E-state index in [0.29, 0.717) is 24.4 Å². The van der Waals surface area contributed by atoms with Gasteiger partial charge in [-0.15, -0.1) is 0 Å². The van der Waals surface area contributed by atoms with Crippen LogP contribution in [-0.2, 0) is 22.2 Å². The zero-order valence-corrected chi connectivity index (χ0v) is 16.4. The summed E-state index contributed by atoms with van der Waals surface area (Å²) in [5.74, 6) is -1.01. The van der Waals surface area contributed by atoms with Crippen LogP contribution in [-0.4, -0.2) is 30.6 Å². The van der Waals surface area contributed by atoms with Gasteiger partial charge in [0, 0.05) is 18.9 Å². The van der Waals surface area contributed by atoms with E-state index in [0.717, 1.165) is 18.3 Å². The van der Waals surface area contributed by atoms with Crippen molar-refractivity contribution in [2.75, 3.05) is 6.54 Å². The fourth-order valence-electron chi connectivity index (χ4n) is 2.37. The summed E-state index contributed by atoms with van der Waals surface area (Å²) in [7, 11) is -4.34. The molecule has 1 N–H and O–H groups in total. The molecule has 0 spiro atoms. The van der Waals surface area contributed by atoms with Crippen LogP contribution in [0.4, 0.5) is 26.3 Å². The van der Waals surface area contributed by atoms with Crippen LogP contribution in [0, 0.1) is 0 Å². The zero-order valence-electron chi connectivity index (χ0n) is 15.6. The molecule has 0 bridgehead atoms. The highest BCUT2D eigenvalue weighted by Crippen LogP contribution is 2.33. The molecule has 0 saturated heterocycles. The number of pyridine rings is 1. The maximum Gasteiger partial charge on any atom is 0.417 e. The second kappa shape index (κ2) is 7.89. The Morgan fingerprint density at radius 1 is 0.967 bits per heavy atom. The van der Waals surface area contributed by atoms with Crippen LogP contribution < -0.4 is 5.32 Å². The van der Waals surface area contributed by atoms with Crippen LogP contribution in [0.25, 0.3) is 0 Å². The summed E-state index contributed by atoms with van der Waals surface area (Å²) >= 11 is 0. The summed E-state index contributed by atoms with van der Waals surface area (Å²) in [5.41, 5.74) is -2.76. The molecule has 5 nitrogen and oxygen atoms in total. The molecule has 0 aliphatic carbocycles. The molecule has 1 heterocycles. The highest BCUT2D eigenvalue weighted by Gasteiger charge is 2.38. The number of hydrogen-bond acceptors (Lipinski definition) is 4. The second-order valence-corrected chi connectivity index (χ2v) is 9.51. The van der Waals surface area contributed by atoms with Crippen LogP contribution in [0.15, 0.2) is 47.6 Å². The van der Waals surface area contributed by atoms with Gasteiger partial charge in [0.25, 0.3) is 5.91 Å². The van der Waals surface area contributed by atoms with E-state index in [1.165, 1.54) is 13.8 Å². The number of alkyl halides is 6. The number of carbonyl (C=O) groups is 1. The van der Waals surface area contributed by atoms with Gasteiger partial charge in [-0.25, -0.2) is 8.42 Å². The van der Waals surface area contributed by atoms with E-state index in [9.17, 15) is 39.6 Å². The molecule has 1 amide bonds. The molecule has 1 aromatic carbocycles. The topological polar surface area (TPSA) is 76.1 Å². The van der Waals surface area contributed by atoms with Crippen molar-refractivity contribution in [3.05, 3.63) is 59.4 Å². The van der Waals surface area contributed by atoms with Gasteiger partial charge in [0.05, 0.1) is 26.3 Å². The van der Waals surface area contributed by atoms with E-state index < -0.39 is 61.0 Å². The van der Waals surface area contributed by atoms with E-state index >= 15 is 0 Å². The molecule has 1 aromatic heterocycles. The highest BCUT2D eigenvalue weighted by molar-refractivity contribution is 7.92. The monoisotopic (exact) mass is 454 g/mol. The molecule has 2 aromatic rings. The molecule has 0 aliphatic heterocycles. The predicted octanol–water partition coefficient (Wildman–Crippen LogP) is 4.10. The lowest BCUT2D eigenvalue weighted by atomic mass is 10.1. The summed E-state index contributed by atoms with van der Waals surface area (Å²) in [6.45, 7) is 1.78. The summed E-state index contributed by atoms with van der Waals surface area (Å²) < 4.78 is 101. The summed E-state index contributed by atoms with van der Waals surface area (Å²) in [4.78, 5) is 14.9. The number of halogens is 6. The molecule has 2 rings (SSSR count). The minimum absolute atomic E-state index is 0.447. The van der Waals surface area contributed by atoms with Gasteiger partial charge >= 0.3 is 12.4 Å². The van der Waals surface area contributed by atoms with E-state index in [4.69, 9.17) is 0 Å². The van der Waals surface area contributed by atoms with E-state index in [1.807, 2.05) is 0 Å². The molecule has 164 valence electrons. The summed E-state index contributed by atoms with van der Waals surface area (Å²) in [5, 5.41) is 2.19. The maximum atomic E-state index is 12.9. The maximum absolute atomic E-state index is 12.9. The average molecular weight is 454 g/mol. The third-order valence-corrected chi connectivity index (χ3v) is 6.68. The number of hydrogen-bond donors (Lipinski definition) is 1. The van der Waals surface area contributed by atoms with Crippen LogP contribution >= 0.6 is 0 Å². The van der Waals surface area contributed by atoms with Crippen molar-refractivity contribution in [2.45, 2.75) is 35.8 Å². The van der Waals surface area contributed by atoms with E-state index in [2.05, 4.69) is 10.3 Å². The first-order valence-corrected chi connectivity index (χ1v) is 9.76. The van der Waals surface area contributed by atoms with Crippen LogP contribution in [0.3, 0.4) is 0 Å². The smallest absolute Gasteiger partial charge is 0.350 e. The molecule has 0 radical (unpaired) electrons. The Labute approximate surface area is 168 Å². The Bertz CT molecular complexity index is 1050. The van der Waals surface area contributed by atoms with Gasteiger partial charge in [0.1, 0.15) is 0 Å². The van der Waals surface area contributed by atoms with Gasteiger partial charge in [0.15, 0.2) is 9.84 Å². The number of sulfone groups is 1. The molecule has 0 aliphatic rings. The van der Waals surface area contributed by atoms with Crippen molar-refractivity contribution in [1.82, 2.24) is 10.3 Å². The molecular weight excluding hydrogens is 438 g/mol. The lowest BCUT2D eigenvalue weighted by Gasteiger charge is -2.25. The summed E-state index contributed by atoms with van der Waals surface area (Å²) in [6, 6.07) is 3.68. The number of amides is 1. The highest BCUT2D eigenvalue weighted by atomic mass is 32.2. The Hall–Kier alpha value is -2.63. The molecule has 0 fully saturated rings. The Balaban J connectivity index is 2.23. The fraction of sp³-hybridized carbons (Fsp3) is 0.333. The first-order valence-electron chi connectivity index (χ1n) is 8.28. The average Bonchev–Trinajstić information content (AvgIpc) is 2.65. The van der Waals surface area contributed by atoms with E-state index in [-0.39, 0.29) is 0 Å². The molecule has 12 heteroatoms. The standard InChI is InChI=1S/C18H16F6N2O3S/c1-16(2,30(28,29)14-5-3-4-12(7-14)17(19,20)21)10-26-15(27)11-6-13(9-25-8-11)18(22,23)24/h3-9H,10H2,1-2H3,(H,26,27). The van der Waals surface area contributed by atoms with Crippen LogP contribution in [0.5, 0.6) is 0 Å². The lowest BCUT2D eigenvalue weighted by molar-refractivity contribution is -0.138. The SMILES string of the molecule is CC(C)(CNC(=O)c1cncc(C(F)(F)F)c1)S(=O)(=O)c1cccc(C(F)(F)F)c1. The van der Waals surface area contributed by atoms with Gasteiger partial charge in [-0.3, -0.25) is 9.78 Å². The number of rotatable bonds is 5. The number of aromatic nitrogens is 1. The Morgan fingerprint density at radius 2 is 1.57 bits per heavy atom. The number of benzene rings is 1. The van der Waals surface area contributed by atoms with Crippen molar-refractivity contribution >= 4 is 15.7 Å². The molecule has 0 atom stereocenters. The van der Waals surface area contributed by atoms with Gasteiger partial charge in [0.2, 0.25) is 0 Å². The third-order valence-electron chi connectivity index (χ3n) is 4.20. The predicted molar refractivity (Wildman–Crippen MR) is 94.3 cm³/mol. The van der Waals surface area contributed by atoms with Crippen LogP contribution in [0.1, 0.15) is 35.3 Å². The quantitative estimate of drug-likeness (QED) is 0.691. The second-order valence-electron chi connectivity index (χ2n) is 6.93. The molecule has 30 heavy (non-hydrogen) atoms. The third kappa shape index (κ3) is 5.10. The van der Waals surface area contributed by atoms with E-state index in [1.54, 1.807) is 0 Å². The van der Waals surface area contributed by atoms with Crippen molar-refractivity contribution in [2.24, 2.45) is 0 Å². The number of nitrogens with zero attached hydrogens (tertiary/aromatic N) is 1. The van der Waals surface area contributed by atoms with Gasteiger partial charge in [-0.2, -0.15) is 26.3 Å². The number of carbonyl (C=O) groups excluding carboxylic acids is 1. The first-order chi connectivity index (χ1) is 13.6. The lowest BCUT2D eigenvalue weighted by Crippen LogP contribution is -2.44. The zero-order chi connectivity index (χ0) is 23.0. The van der Waals surface area contributed by atoms with Crippen molar-refractivity contribution in [3.8, 4) is 0 Å². The Kier molecular flexibility index (Phi) is 6.22. The van der Waals surface area contributed by atoms with Gasteiger partial charge < -0.3 is 5.32 Å². The normalized spacial score (nSPS) is 13.2. The Morgan fingerprint density at radius 3 is 2.13 bits per heavy atom. The summed E-state index contributed by atoms with van der Waals surface area (Å²) in [6.07, 6.45) is -8.08. The minimum Gasteiger partial charge on any atom is -0.350 e. The molecular formula is C18H16F6N2O3S. The van der Waals surface area contributed by atoms with Gasteiger partial charge in [-0.05, 0) is 38.1 Å². The molecule has 0 unspecified atom stereocenters. The number of nitrogens with one attached hydrogen (secondary N) is 1. The van der Waals surface area contributed by atoms with Crippen molar-refractivity contribution in [3.63, 3.8) is 0 Å². The first kappa shape index (κ1) is 23.6. The van der Waals surface area contributed by atoms with Crippen molar-refractivity contribution < 1.29 is 39.6 Å². The largest absolute Gasteiger partial charge is 0.417 e. The molecule has 0 saturated carbocycles. The van der Waals surface area contributed by atoms with Crippen molar-refractivity contribution in [1.29, 1.82) is 0 Å². The minimum atomic E-state index is -4.75.